The largest absolute Gasteiger partial charge is 1.00 e. The van der Waals surface area contributed by atoms with Gasteiger partial charge in [-0.1, -0.05) is 31.8 Å². The highest BCUT2D eigenvalue weighted by Crippen LogP contribution is 2.35. The van der Waals surface area contributed by atoms with Crippen molar-refractivity contribution in [2.24, 2.45) is 5.92 Å². The van der Waals surface area contributed by atoms with Crippen LogP contribution in [-0.4, -0.2) is 51.5 Å². The van der Waals surface area contributed by atoms with Crippen molar-refractivity contribution in [1.82, 2.24) is 14.7 Å². The summed E-state index contributed by atoms with van der Waals surface area (Å²) in [6, 6.07) is 4.57. The number of rotatable bonds is 11. The number of aromatic nitrogens is 3. The average Bonchev–Trinajstić information content (AvgIpc) is 3.39. The molecule has 0 aliphatic carbocycles. The van der Waals surface area contributed by atoms with Gasteiger partial charge in [-0.15, -0.1) is 0 Å². The van der Waals surface area contributed by atoms with Crippen LogP contribution in [0.25, 0.3) is 11.0 Å². The minimum Gasteiger partial charge on any atom is -1.00 e. The van der Waals surface area contributed by atoms with Crippen LogP contribution in [-0.2, 0) is 28.9 Å². The van der Waals surface area contributed by atoms with Gasteiger partial charge in [0.1, 0.15) is 11.6 Å². The molecule has 0 bridgehead atoms. The summed E-state index contributed by atoms with van der Waals surface area (Å²) in [7, 11) is 0. The van der Waals surface area contributed by atoms with E-state index in [1.807, 2.05) is 11.5 Å². The second-order valence-corrected chi connectivity index (χ2v) is 12.1. The number of halogens is 2. The second-order valence-electron chi connectivity index (χ2n) is 12.1. The normalized spacial score (nSPS) is 20.4. The maximum Gasteiger partial charge on any atom is 0.313 e. The zero-order valence-electron chi connectivity index (χ0n) is 25.2. The summed E-state index contributed by atoms with van der Waals surface area (Å²) >= 11 is 0. The molecule has 8 nitrogen and oxygen atoms in total. The Bertz CT molecular complexity index is 1420. The second kappa shape index (κ2) is 14.4. The molecule has 2 aliphatic rings. The van der Waals surface area contributed by atoms with Crippen LogP contribution in [0.2, 0.25) is 0 Å². The predicted molar refractivity (Wildman–Crippen MR) is 155 cm³/mol. The van der Waals surface area contributed by atoms with E-state index in [4.69, 9.17) is 14.2 Å². The number of likely N-dealkylation sites (tertiary alicyclic amines) is 1. The lowest BCUT2D eigenvalue weighted by Gasteiger charge is -2.43. The molecular weight excluding hydrogens is 650 g/mol. The van der Waals surface area contributed by atoms with Gasteiger partial charge in [-0.2, -0.15) is 0 Å². The number of carbonyl (C=O) groups excluding carboxylic acids is 1. The molecule has 0 saturated carbocycles. The molecule has 1 fully saturated rings. The first-order valence-corrected chi connectivity index (χ1v) is 15.5. The molecule has 0 N–H and O–H groups in total. The Labute approximate surface area is 264 Å². The highest BCUT2D eigenvalue weighted by atomic mass is 127. The van der Waals surface area contributed by atoms with Gasteiger partial charge in [0, 0.05) is 60.9 Å². The fourth-order valence-corrected chi connectivity index (χ4v) is 6.79. The molecule has 1 aromatic carbocycles. The summed E-state index contributed by atoms with van der Waals surface area (Å²) in [6.45, 7) is 9.47. The van der Waals surface area contributed by atoms with Crippen molar-refractivity contribution in [3.8, 4) is 0 Å². The van der Waals surface area contributed by atoms with Crippen LogP contribution in [0, 0.1) is 18.7 Å². The number of esters is 1. The Morgan fingerprint density at radius 3 is 2.64 bits per heavy atom. The SMILES string of the molecule is CCCC(CCC)C(=O)OC[N+]1(CCc2c(C)nc3n(c2=O)CCCC3)CCC(c2noc3cc(F)ccc23)CC1.[I-]. The first kappa shape index (κ1) is 32.6. The Hall–Kier alpha value is -2.34. The molecule has 0 radical (unpaired) electrons. The fourth-order valence-electron chi connectivity index (χ4n) is 6.79. The van der Waals surface area contributed by atoms with Crippen molar-refractivity contribution >= 4 is 16.9 Å². The Morgan fingerprint density at radius 1 is 1.19 bits per heavy atom. The van der Waals surface area contributed by atoms with E-state index >= 15 is 0 Å². The van der Waals surface area contributed by atoms with E-state index in [0.717, 1.165) is 106 Å². The van der Waals surface area contributed by atoms with Crippen LogP contribution in [0.4, 0.5) is 4.39 Å². The third-order valence-corrected chi connectivity index (χ3v) is 9.26. The van der Waals surface area contributed by atoms with Crippen LogP contribution < -0.4 is 29.5 Å². The van der Waals surface area contributed by atoms with Crippen LogP contribution >= 0.6 is 0 Å². The molecule has 0 spiro atoms. The average molecular weight is 695 g/mol. The molecule has 10 heteroatoms. The fraction of sp³-hybridized carbons (Fsp3) is 0.625. The highest BCUT2D eigenvalue weighted by Gasteiger charge is 2.38. The summed E-state index contributed by atoms with van der Waals surface area (Å²) in [4.78, 5) is 31.4. The number of hydrogen-bond acceptors (Lipinski definition) is 6. The first-order chi connectivity index (χ1) is 19.8. The van der Waals surface area contributed by atoms with E-state index in [1.165, 1.54) is 12.1 Å². The summed E-state index contributed by atoms with van der Waals surface area (Å²) in [5.74, 6) is 0.563. The molecule has 4 heterocycles. The quantitative estimate of drug-likeness (QED) is 0.175. The van der Waals surface area contributed by atoms with Gasteiger partial charge in [0.05, 0.1) is 31.2 Å². The van der Waals surface area contributed by atoms with E-state index in [9.17, 15) is 14.0 Å². The number of aryl methyl sites for hydroxylation is 2. The van der Waals surface area contributed by atoms with Gasteiger partial charge in [0.2, 0.25) is 6.73 Å². The Balaban J connectivity index is 0.00000405. The van der Waals surface area contributed by atoms with E-state index in [0.29, 0.717) is 29.8 Å². The molecule has 1 saturated heterocycles. The lowest BCUT2D eigenvalue weighted by atomic mass is 9.90. The number of ether oxygens (including phenoxy) is 1. The van der Waals surface area contributed by atoms with Crippen molar-refractivity contribution < 1.29 is 46.9 Å². The topological polar surface area (TPSA) is 87.2 Å². The van der Waals surface area contributed by atoms with E-state index < -0.39 is 0 Å². The van der Waals surface area contributed by atoms with Crippen LogP contribution in [0.3, 0.4) is 0 Å². The Morgan fingerprint density at radius 2 is 1.93 bits per heavy atom. The maximum atomic E-state index is 13.7. The number of carbonyl (C=O) groups is 1. The third-order valence-electron chi connectivity index (χ3n) is 9.26. The number of fused-ring (bicyclic) bond motifs is 2. The maximum absolute atomic E-state index is 13.7. The van der Waals surface area contributed by atoms with Crippen molar-refractivity contribution in [1.29, 1.82) is 0 Å². The van der Waals surface area contributed by atoms with Crippen molar-refractivity contribution in [2.45, 2.75) is 97.4 Å². The van der Waals surface area contributed by atoms with Crippen molar-refractivity contribution in [2.75, 3.05) is 26.4 Å². The van der Waals surface area contributed by atoms with Crippen LogP contribution in [0.5, 0.6) is 0 Å². The van der Waals surface area contributed by atoms with Gasteiger partial charge in [-0.25, -0.2) is 9.37 Å². The molecule has 2 aliphatic heterocycles. The zero-order valence-corrected chi connectivity index (χ0v) is 27.3. The van der Waals surface area contributed by atoms with Crippen LogP contribution in [0.1, 0.15) is 93.9 Å². The molecular formula is C32H44FIN4O4. The van der Waals surface area contributed by atoms with E-state index in [-0.39, 0.29) is 53.2 Å². The number of nitrogens with zero attached hydrogens (tertiary/aromatic N) is 4. The summed E-state index contributed by atoms with van der Waals surface area (Å²) < 4.78 is 27.7. The zero-order chi connectivity index (χ0) is 29.0. The number of benzene rings is 1. The summed E-state index contributed by atoms with van der Waals surface area (Å²) in [6.07, 6.45) is 8.79. The lowest BCUT2D eigenvalue weighted by molar-refractivity contribution is -0.948. The van der Waals surface area contributed by atoms with Gasteiger partial charge in [-0.05, 0) is 44.7 Å². The molecule has 0 atom stereocenters. The third kappa shape index (κ3) is 7.06. The van der Waals surface area contributed by atoms with E-state index in [1.54, 1.807) is 6.07 Å². The lowest BCUT2D eigenvalue weighted by Crippen LogP contribution is -3.00. The van der Waals surface area contributed by atoms with E-state index in [2.05, 4.69) is 19.0 Å². The van der Waals surface area contributed by atoms with Crippen molar-refractivity contribution in [3.05, 3.63) is 57.1 Å². The van der Waals surface area contributed by atoms with Gasteiger partial charge >= 0.3 is 5.97 Å². The Kier molecular flexibility index (Phi) is 11.2. The predicted octanol–water partition coefficient (Wildman–Crippen LogP) is 2.83. The smallest absolute Gasteiger partial charge is 0.313 e. The number of hydrogen-bond donors (Lipinski definition) is 0. The molecule has 0 amide bonds. The van der Waals surface area contributed by atoms with Gasteiger partial charge in [-0.3, -0.25) is 18.6 Å². The number of piperidine rings is 1. The van der Waals surface area contributed by atoms with Crippen LogP contribution in [0.15, 0.2) is 27.5 Å². The standard InChI is InChI=1S/C32H44FN4O4.HI/c1-4-8-24(9-5-2)32(39)40-21-37(19-15-26-22(3)34-29-10-6-7-16-36(29)31(26)38)17-13-23(14-18-37)30-27-12-11-25(33)20-28(27)41-35-30;/h11-12,20,23-24H,4-10,13-19,21H2,1-3H3;1H/q+1;/p-1. The minimum absolute atomic E-state index is 0. The molecule has 42 heavy (non-hydrogen) atoms. The molecule has 2 aromatic heterocycles. The first-order valence-electron chi connectivity index (χ1n) is 15.5. The summed E-state index contributed by atoms with van der Waals surface area (Å²) in [5, 5.41) is 5.17. The molecule has 0 unspecified atom stereocenters. The van der Waals surface area contributed by atoms with Gasteiger partial charge in [0.25, 0.3) is 5.56 Å². The monoisotopic (exact) mass is 694 g/mol. The summed E-state index contributed by atoms with van der Waals surface area (Å²) in [5.41, 5.74) is 3.02. The highest BCUT2D eigenvalue weighted by molar-refractivity contribution is 5.79. The van der Waals surface area contributed by atoms with Crippen molar-refractivity contribution in [3.63, 3.8) is 0 Å². The molecule has 5 rings (SSSR count). The molecule has 230 valence electrons. The number of quaternary nitrogens is 1. The molecule has 3 aromatic rings. The minimum atomic E-state index is -0.339. The van der Waals surface area contributed by atoms with Gasteiger partial charge < -0.3 is 33.2 Å². The van der Waals surface area contributed by atoms with Gasteiger partial charge in [0.15, 0.2) is 5.58 Å².